The van der Waals surface area contributed by atoms with Gasteiger partial charge in [-0.2, -0.15) is 5.01 Å². The Labute approximate surface area is 197 Å². The number of hydrogen-bond acceptors (Lipinski definition) is 7. The monoisotopic (exact) mass is 458 g/mol. The summed E-state index contributed by atoms with van der Waals surface area (Å²) < 4.78 is 7.06. The van der Waals surface area contributed by atoms with Crippen LogP contribution in [0.15, 0.2) is 73.2 Å². The van der Waals surface area contributed by atoms with Gasteiger partial charge in [-0.3, -0.25) is 9.36 Å². The minimum Gasteiger partial charge on any atom is -0.457 e. The molecular formula is C25H26N6O3. The number of para-hydroxylation sites is 1. The number of rotatable bonds is 7. The summed E-state index contributed by atoms with van der Waals surface area (Å²) in [6, 6.07) is 18.0. The van der Waals surface area contributed by atoms with Crippen LogP contribution in [0.1, 0.15) is 26.7 Å². The van der Waals surface area contributed by atoms with Crippen molar-refractivity contribution in [2.75, 3.05) is 5.32 Å². The molecule has 2 amide bonds. The zero-order valence-corrected chi connectivity index (χ0v) is 19.0. The normalized spacial score (nSPS) is 10.9. The first-order valence-electron chi connectivity index (χ1n) is 11.0. The molecule has 0 unspecified atom stereocenters. The van der Waals surface area contributed by atoms with E-state index in [1.54, 1.807) is 6.07 Å². The lowest BCUT2D eigenvalue weighted by atomic mass is 10.1. The van der Waals surface area contributed by atoms with Gasteiger partial charge in [0.05, 0.1) is 5.39 Å². The fourth-order valence-corrected chi connectivity index (χ4v) is 3.33. The van der Waals surface area contributed by atoms with E-state index in [-0.39, 0.29) is 6.42 Å². The maximum absolute atomic E-state index is 12.8. The summed E-state index contributed by atoms with van der Waals surface area (Å²) >= 11 is 0. The Morgan fingerprint density at radius 3 is 2.44 bits per heavy atom. The molecule has 0 aliphatic heterocycles. The van der Waals surface area contributed by atoms with Gasteiger partial charge in [-0.15, -0.1) is 0 Å². The van der Waals surface area contributed by atoms with Crippen LogP contribution in [0, 0.1) is 5.92 Å². The summed E-state index contributed by atoms with van der Waals surface area (Å²) in [5.41, 5.74) is 1.13. The number of nitrogens with zero attached hydrogens (tertiary/aromatic N) is 4. The molecule has 34 heavy (non-hydrogen) atoms. The number of carbonyl (C=O) groups is 2. The highest BCUT2D eigenvalue weighted by atomic mass is 16.5. The van der Waals surface area contributed by atoms with E-state index in [1.165, 1.54) is 17.1 Å². The maximum Gasteiger partial charge on any atom is 0.351 e. The van der Waals surface area contributed by atoms with Gasteiger partial charge in [-0.1, -0.05) is 32.0 Å². The molecule has 2 aromatic heterocycles. The summed E-state index contributed by atoms with van der Waals surface area (Å²) in [4.78, 5) is 33.6. The quantitative estimate of drug-likeness (QED) is 0.226. The molecule has 9 heteroatoms. The van der Waals surface area contributed by atoms with Crippen LogP contribution < -0.4 is 15.9 Å². The number of nitrogens with two attached hydrogens (primary N) is 1. The van der Waals surface area contributed by atoms with E-state index in [2.05, 4.69) is 15.3 Å². The van der Waals surface area contributed by atoms with Crippen molar-refractivity contribution in [3.05, 3.63) is 73.2 Å². The van der Waals surface area contributed by atoms with Crippen molar-refractivity contribution in [1.29, 1.82) is 0 Å². The number of hydrazine groups is 1. The van der Waals surface area contributed by atoms with E-state index in [1.807, 2.05) is 68.4 Å². The number of benzene rings is 2. The molecule has 0 aliphatic carbocycles. The van der Waals surface area contributed by atoms with E-state index in [0.29, 0.717) is 39.9 Å². The van der Waals surface area contributed by atoms with Crippen LogP contribution in [0.2, 0.25) is 0 Å². The number of amides is 2. The predicted molar refractivity (Wildman–Crippen MR) is 130 cm³/mol. The molecular weight excluding hydrogens is 432 g/mol. The van der Waals surface area contributed by atoms with E-state index in [4.69, 9.17) is 10.6 Å². The first-order valence-corrected chi connectivity index (χ1v) is 11.0. The van der Waals surface area contributed by atoms with Crippen LogP contribution in [-0.4, -0.2) is 31.5 Å². The molecule has 4 aromatic rings. The minimum absolute atomic E-state index is 0.199. The van der Waals surface area contributed by atoms with Gasteiger partial charge in [0.2, 0.25) is 5.91 Å². The van der Waals surface area contributed by atoms with Gasteiger partial charge in [-0.25, -0.2) is 20.6 Å². The average Bonchev–Trinajstić information content (AvgIpc) is 3.28. The zero-order valence-electron chi connectivity index (χ0n) is 19.0. The lowest BCUT2D eigenvalue weighted by Crippen LogP contribution is -2.44. The molecule has 3 N–H and O–H groups in total. The smallest absolute Gasteiger partial charge is 0.351 e. The molecule has 2 aromatic carbocycles. The Kier molecular flexibility index (Phi) is 6.84. The number of hydrogen-bond donors (Lipinski definition) is 2. The Morgan fingerprint density at radius 2 is 1.74 bits per heavy atom. The zero-order chi connectivity index (χ0) is 24.1. The van der Waals surface area contributed by atoms with Gasteiger partial charge in [0.15, 0.2) is 5.65 Å². The molecule has 174 valence electrons. The van der Waals surface area contributed by atoms with Crippen molar-refractivity contribution >= 4 is 34.5 Å². The largest absolute Gasteiger partial charge is 0.457 e. The Balaban J connectivity index is 1.49. The molecule has 9 nitrogen and oxygen atoms in total. The third kappa shape index (κ3) is 5.21. The van der Waals surface area contributed by atoms with Gasteiger partial charge in [0, 0.05) is 18.3 Å². The standard InChI is InChI=1S/C25H26N6O3/c1-17(2)8-13-22(32)31(26)25(33)30-15-14-21-23(27-16-28-24(21)30)29-18-9-11-20(12-10-18)34-19-6-4-3-5-7-19/h3-7,9-12,14-17H,8,13,26H2,1-2H3,(H,27,28,29). The number of ether oxygens (including phenoxy) is 1. The Morgan fingerprint density at radius 1 is 1.03 bits per heavy atom. The predicted octanol–water partition coefficient (Wildman–Crippen LogP) is 5.07. The second-order valence-corrected chi connectivity index (χ2v) is 8.19. The second kappa shape index (κ2) is 10.1. The minimum atomic E-state index is -0.671. The van der Waals surface area contributed by atoms with Crippen LogP contribution in [-0.2, 0) is 4.79 Å². The molecule has 0 saturated heterocycles. The molecule has 0 atom stereocenters. The van der Waals surface area contributed by atoms with Crippen LogP contribution in [0.3, 0.4) is 0 Å². The highest BCUT2D eigenvalue weighted by Gasteiger charge is 2.22. The summed E-state index contributed by atoms with van der Waals surface area (Å²) in [6.45, 7) is 4.01. The molecule has 0 saturated carbocycles. The van der Waals surface area contributed by atoms with E-state index in [0.717, 1.165) is 11.4 Å². The summed E-state index contributed by atoms with van der Waals surface area (Å²) in [5, 5.41) is 4.49. The van der Waals surface area contributed by atoms with Gasteiger partial charge in [0.25, 0.3) is 0 Å². The van der Waals surface area contributed by atoms with Crippen LogP contribution in [0.5, 0.6) is 11.5 Å². The lowest BCUT2D eigenvalue weighted by molar-refractivity contribution is -0.128. The third-order valence-corrected chi connectivity index (χ3v) is 5.19. The highest BCUT2D eigenvalue weighted by molar-refractivity contribution is 6.00. The number of anilines is 2. The number of carbonyl (C=O) groups excluding carboxylic acids is 2. The fourth-order valence-electron chi connectivity index (χ4n) is 3.33. The van der Waals surface area contributed by atoms with Gasteiger partial charge in [-0.05, 0) is 54.8 Å². The van der Waals surface area contributed by atoms with Crippen molar-refractivity contribution in [1.82, 2.24) is 19.5 Å². The SMILES string of the molecule is CC(C)CCC(=O)N(N)C(=O)n1ccc2c(Nc3ccc(Oc4ccccc4)cc3)ncnc21. The topological polar surface area (TPSA) is 115 Å². The summed E-state index contributed by atoms with van der Waals surface area (Å²) in [5.74, 6) is 7.67. The molecule has 4 rings (SSSR count). The van der Waals surface area contributed by atoms with Crippen LogP contribution in [0.4, 0.5) is 16.3 Å². The number of imide groups is 1. The van der Waals surface area contributed by atoms with Crippen molar-refractivity contribution in [3.8, 4) is 11.5 Å². The van der Waals surface area contributed by atoms with Crippen molar-refractivity contribution in [2.45, 2.75) is 26.7 Å². The molecule has 2 heterocycles. The molecule has 0 radical (unpaired) electrons. The van der Waals surface area contributed by atoms with E-state index < -0.39 is 11.9 Å². The fraction of sp³-hybridized carbons (Fsp3) is 0.200. The Hall–Kier alpha value is -4.24. The first kappa shape index (κ1) is 22.9. The second-order valence-electron chi connectivity index (χ2n) is 8.19. The highest BCUT2D eigenvalue weighted by Crippen LogP contribution is 2.27. The Bertz CT molecular complexity index is 1290. The number of nitrogens with one attached hydrogen (secondary N) is 1. The summed E-state index contributed by atoms with van der Waals surface area (Å²) in [6.07, 6.45) is 3.73. The van der Waals surface area contributed by atoms with E-state index in [9.17, 15) is 9.59 Å². The molecule has 0 aliphatic rings. The molecule has 0 bridgehead atoms. The van der Waals surface area contributed by atoms with Crippen molar-refractivity contribution < 1.29 is 14.3 Å². The van der Waals surface area contributed by atoms with E-state index >= 15 is 0 Å². The van der Waals surface area contributed by atoms with Crippen LogP contribution >= 0.6 is 0 Å². The first-order chi connectivity index (χ1) is 16.4. The number of aromatic nitrogens is 3. The average molecular weight is 459 g/mol. The maximum atomic E-state index is 12.8. The van der Waals surface area contributed by atoms with Crippen molar-refractivity contribution in [2.24, 2.45) is 11.8 Å². The third-order valence-electron chi connectivity index (χ3n) is 5.19. The van der Waals surface area contributed by atoms with Crippen molar-refractivity contribution in [3.63, 3.8) is 0 Å². The van der Waals surface area contributed by atoms with Gasteiger partial charge in [0.1, 0.15) is 23.6 Å². The van der Waals surface area contributed by atoms with Gasteiger partial charge >= 0.3 is 6.03 Å². The molecule has 0 spiro atoms. The van der Waals surface area contributed by atoms with Gasteiger partial charge < -0.3 is 10.1 Å². The summed E-state index contributed by atoms with van der Waals surface area (Å²) in [7, 11) is 0. The molecule has 0 fully saturated rings. The van der Waals surface area contributed by atoms with Crippen LogP contribution in [0.25, 0.3) is 11.0 Å². The lowest BCUT2D eigenvalue weighted by Gasteiger charge is -2.16. The number of fused-ring (bicyclic) bond motifs is 1.